The molecule has 0 radical (unpaired) electrons. The largest absolute Gasteiger partial charge is 0.573 e. The maximum Gasteiger partial charge on any atom is 0.573 e. The molecule has 2 atom stereocenters. The molecular formula is C24H23Cl2F3N6O2. The van der Waals surface area contributed by atoms with Crippen LogP contribution in [0.1, 0.15) is 18.4 Å². The highest BCUT2D eigenvalue weighted by molar-refractivity contribution is 6.42. The summed E-state index contributed by atoms with van der Waals surface area (Å²) in [5.74, 6) is 1.08. The third kappa shape index (κ3) is 6.46. The standard InChI is InChI=1S/C24H23Cl2F3N6O2/c25-19-6-1-15(11-20(19)26)14-30-34-23-13-16(23)12-21(35-7-9-36-10-8-35)32-22(33-23)31-17-2-4-18(5-3-17)37-24(27,28)29/h1-6,11,14,16,34H,7-10,12-13H2,(H,31,33)/b30-14+. The van der Waals surface area contributed by atoms with Crippen LogP contribution in [0.15, 0.2) is 57.6 Å². The number of morpholine rings is 1. The lowest BCUT2D eigenvalue weighted by Gasteiger charge is -2.29. The van der Waals surface area contributed by atoms with Gasteiger partial charge in [-0.05, 0) is 42.0 Å². The number of ether oxygens (including phenoxy) is 2. The second-order valence-corrected chi connectivity index (χ2v) is 9.65. The predicted octanol–water partition coefficient (Wildman–Crippen LogP) is 5.13. The van der Waals surface area contributed by atoms with Gasteiger partial charge in [-0.25, -0.2) is 9.98 Å². The minimum atomic E-state index is -4.76. The fourth-order valence-electron chi connectivity index (χ4n) is 4.22. The summed E-state index contributed by atoms with van der Waals surface area (Å²) in [5, 5.41) is 8.42. The molecule has 37 heavy (non-hydrogen) atoms. The molecule has 1 saturated heterocycles. The summed E-state index contributed by atoms with van der Waals surface area (Å²) in [7, 11) is 0. The summed E-state index contributed by atoms with van der Waals surface area (Å²) >= 11 is 12.1. The van der Waals surface area contributed by atoms with Gasteiger partial charge in [0.15, 0.2) is 5.66 Å². The molecule has 5 rings (SSSR count). The molecule has 0 amide bonds. The average molecular weight is 555 g/mol. The zero-order valence-corrected chi connectivity index (χ0v) is 20.9. The molecule has 3 aliphatic rings. The second-order valence-electron chi connectivity index (χ2n) is 8.83. The first-order valence-corrected chi connectivity index (χ1v) is 12.3. The number of benzene rings is 2. The molecular weight excluding hydrogens is 532 g/mol. The van der Waals surface area contributed by atoms with Crippen molar-refractivity contribution in [3.63, 3.8) is 0 Å². The van der Waals surface area contributed by atoms with Gasteiger partial charge >= 0.3 is 6.36 Å². The Morgan fingerprint density at radius 2 is 1.86 bits per heavy atom. The van der Waals surface area contributed by atoms with Crippen LogP contribution in [0.2, 0.25) is 10.0 Å². The van der Waals surface area contributed by atoms with E-state index in [0.717, 1.165) is 30.9 Å². The van der Waals surface area contributed by atoms with Crippen LogP contribution in [-0.4, -0.2) is 61.2 Å². The lowest BCUT2D eigenvalue weighted by Crippen LogP contribution is -2.41. The van der Waals surface area contributed by atoms with Crippen LogP contribution < -0.4 is 15.5 Å². The smallest absolute Gasteiger partial charge is 0.406 e. The van der Waals surface area contributed by atoms with Crippen LogP contribution >= 0.6 is 23.2 Å². The number of hydrogen-bond donors (Lipinski definition) is 2. The number of nitrogens with one attached hydrogen (secondary N) is 2. The van der Waals surface area contributed by atoms with E-state index in [1.54, 1.807) is 24.4 Å². The van der Waals surface area contributed by atoms with Gasteiger partial charge < -0.3 is 19.7 Å². The molecule has 2 unspecified atom stereocenters. The molecule has 0 spiro atoms. The van der Waals surface area contributed by atoms with Crippen molar-refractivity contribution in [2.45, 2.75) is 24.9 Å². The highest BCUT2D eigenvalue weighted by Crippen LogP contribution is 2.49. The van der Waals surface area contributed by atoms with Crippen LogP contribution in [0.3, 0.4) is 0 Å². The van der Waals surface area contributed by atoms with E-state index in [0.29, 0.717) is 41.3 Å². The second kappa shape index (κ2) is 10.4. The molecule has 1 aliphatic carbocycles. The van der Waals surface area contributed by atoms with E-state index >= 15 is 0 Å². The number of hydrogen-bond acceptors (Lipinski definition) is 8. The summed E-state index contributed by atoms with van der Waals surface area (Å²) in [6.45, 7) is 2.67. The molecule has 0 bridgehead atoms. The van der Waals surface area contributed by atoms with Crippen molar-refractivity contribution in [3.8, 4) is 5.75 Å². The van der Waals surface area contributed by atoms with Crippen LogP contribution in [-0.2, 0) is 4.74 Å². The number of amidine groups is 1. The van der Waals surface area contributed by atoms with E-state index < -0.39 is 12.0 Å². The van der Waals surface area contributed by atoms with Crippen molar-refractivity contribution in [1.29, 1.82) is 0 Å². The number of halogens is 5. The van der Waals surface area contributed by atoms with E-state index in [9.17, 15) is 13.2 Å². The molecule has 2 N–H and O–H groups in total. The Morgan fingerprint density at radius 1 is 1.11 bits per heavy atom. The number of guanidine groups is 1. The molecule has 2 fully saturated rings. The van der Waals surface area contributed by atoms with Crippen LogP contribution in [0.4, 0.5) is 18.9 Å². The van der Waals surface area contributed by atoms with Crippen molar-refractivity contribution in [2.24, 2.45) is 21.0 Å². The van der Waals surface area contributed by atoms with E-state index in [1.807, 2.05) is 0 Å². The number of aliphatic imine (C=N–C) groups is 2. The number of rotatable bonds is 5. The predicted molar refractivity (Wildman–Crippen MR) is 137 cm³/mol. The lowest BCUT2D eigenvalue weighted by atomic mass is 10.2. The van der Waals surface area contributed by atoms with Gasteiger partial charge in [-0.15, -0.1) is 13.2 Å². The third-order valence-electron chi connectivity index (χ3n) is 6.18. The number of hydrazone groups is 1. The first kappa shape index (κ1) is 25.6. The van der Waals surface area contributed by atoms with E-state index in [1.165, 1.54) is 24.3 Å². The van der Waals surface area contributed by atoms with Gasteiger partial charge in [0.05, 0.1) is 29.5 Å². The molecule has 13 heteroatoms. The Labute approximate surface area is 221 Å². The first-order valence-electron chi connectivity index (χ1n) is 11.6. The maximum atomic E-state index is 12.5. The zero-order valence-electron chi connectivity index (χ0n) is 19.4. The minimum absolute atomic E-state index is 0.168. The molecule has 8 nitrogen and oxygen atoms in total. The number of anilines is 1. The van der Waals surface area contributed by atoms with E-state index in [4.69, 9.17) is 37.9 Å². The Bertz CT molecular complexity index is 1230. The van der Waals surface area contributed by atoms with Gasteiger partial charge in [-0.1, -0.05) is 29.3 Å². The van der Waals surface area contributed by atoms with Gasteiger partial charge in [0.1, 0.15) is 11.6 Å². The Kier molecular flexibility index (Phi) is 7.19. The summed E-state index contributed by atoms with van der Waals surface area (Å²) in [6.07, 6.45) is -1.67. The van der Waals surface area contributed by atoms with Crippen molar-refractivity contribution in [1.82, 2.24) is 10.3 Å². The Morgan fingerprint density at radius 3 is 2.57 bits per heavy atom. The van der Waals surface area contributed by atoms with Crippen molar-refractivity contribution >= 4 is 46.9 Å². The highest BCUT2D eigenvalue weighted by atomic mass is 35.5. The molecule has 2 aromatic carbocycles. The van der Waals surface area contributed by atoms with Gasteiger partial charge in [-0.3, -0.25) is 5.43 Å². The van der Waals surface area contributed by atoms with Crippen molar-refractivity contribution in [3.05, 3.63) is 58.1 Å². The number of alkyl halides is 3. The zero-order chi connectivity index (χ0) is 26.0. The maximum absolute atomic E-state index is 12.5. The average Bonchev–Trinajstić information content (AvgIpc) is 3.54. The first-order chi connectivity index (χ1) is 17.7. The monoisotopic (exact) mass is 554 g/mol. The molecule has 2 aliphatic heterocycles. The molecule has 196 valence electrons. The summed E-state index contributed by atoms with van der Waals surface area (Å²) in [4.78, 5) is 11.8. The Hall–Kier alpha value is -3.02. The normalized spacial score (nSPS) is 23.6. The van der Waals surface area contributed by atoms with Crippen molar-refractivity contribution < 1.29 is 22.6 Å². The SMILES string of the molecule is FC(F)(F)Oc1ccc(NC2=NC3(N/N=C/c4ccc(Cl)c(Cl)c4)CC3CC(N3CCOCC3)=N2)cc1. The van der Waals surface area contributed by atoms with E-state index in [-0.39, 0.29) is 11.7 Å². The minimum Gasteiger partial charge on any atom is -0.406 e. The van der Waals surface area contributed by atoms with Gasteiger partial charge in [0.25, 0.3) is 0 Å². The van der Waals surface area contributed by atoms with Gasteiger partial charge in [-0.2, -0.15) is 5.10 Å². The quantitative estimate of drug-likeness (QED) is 0.395. The molecule has 2 heterocycles. The van der Waals surface area contributed by atoms with Gasteiger partial charge in [0.2, 0.25) is 5.96 Å². The number of nitrogens with zero attached hydrogens (tertiary/aromatic N) is 4. The molecule has 1 saturated carbocycles. The topological polar surface area (TPSA) is 82.8 Å². The molecule has 0 aromatic heterocycles. The summed E-state index contributed by atoms with van der Waals surface area (Å²) < 4.78 is 46.9. The van der Waals surface area contributed by atoms with Crippen LogP contribution in [0, 0.1) is 5.92 Å². The highest BCUT2D eigenvalue weighted by Gasteiger charge is 2.57. The van der Waals surface area contributed by atoms with Crippen LogP contribution in [0.25, 0.3) is 0 Å². The molecule has 2 aromatic rings. The summed E-state index contributed by atoms with van der Waals surface area (Å²) in [5.41, 5.74) is 3.81. The summed E-state index contributed by atoms with van der Waals surface area (Å²) in [6, 6.07) is 10.6. The van der Waals surface area contributed by atoms with Gasteiger partial charge in [0, 0.05) is 37.5 Å². The van der Waals surface area contributed by atoms with Crippen molar-refractivity contribution in [2.75, 3.05) is 31.6 Å². The Balaban J connectivity index is 1.35. The lowest BCUT2D eigenvalue weighted by molar-refractivity contribution is -0.274. The fourth-order valence-corrected chi connectivity index (χ4v) is 4.52. The van der Waals surface area contributed by atoms with Crippen LogP contribution in [0.5, 0.6) is 5.75 Å². The fraction of sp³-hybridized carbons (Fsp3) is 0.375. The van der Waals surface area contributed by atoms with E-state index in [2.05, 4.69) is 25.5 Å². The number of fused-ring (bicyclic) bond motifs is 1. The third-order valence-corrected chi connectivity index (χ3v) is 6.92.